The van der Waals surface area contributed by atoms with Crippen LogP contribution < -0.4 is 5.73 Å². The molecule has 84 valence electrons. The Hall–Kier alpha value is -0.0400. The smallest absolute Gasteiger partial charge is 0.0157 e. The highest BCUT2D eigenvalue weighted by Gasteiger charge is 2.35. The van der Waals surface area contributed by atoms with Crippen molar-refractivity contribution >= 4 is 0 Å². The zero-order chi connectivity index (χ0) is 10.8. The Bertz CT molecular complexity index is 180. The third kappa shape index (κ3) is 3.61. The molecule has 0 radical (unpaired) electrons. The van der Waals surface area contributed by atoms with Gasteiger partial charge in [0.1, 0.15) is 0 Å². The molecule has 0 aromatic rings. The van der Waals surface area contributed by atoms with Crippen molar-refractivity contribution < 1.29 is 0 Å². The Balaban J connectivity index is 2.37. The van der Waals surface area contributed by atoms with Crippen LogP contribution in [0.4, 0.5) is 0 Å². The number of hydrogen-bond acceptors (Lipinski definition) is 1. The Kier molecular flexibility index (Phi) is 3.63. The maximum Gasteiger partial charge on any atom is 0.0157 e. The summed E-state index contributed by atoms with van der Waals surface area (Å²) in [5.41, 5.74) is 7.05. The highest BCUT2D eigenvalue weighted by Crippen LogP contribution is 2.39. The van der Waals surface area contributed by atoms with Crippen molar-refractivity contribution in [3.05, 3.63) is 0 Å². The third-order valence-electron chi connectivity index (χ3n) is 3.70. The lowest BCUT2D eigenvalue weighted by Gasteiger charge is -2.28. The van der Waals surface area contributed by atoms with Gasteiger partial charge < -0.3 is 5.73 Å². The van der Waals surface area contributed by atoms with Crippen LogP contribution in [0.25, 0.3) is 0 Å². The first kappa shape index (κ1) is 12.0. The van der Waals surface area contributed by atoms with Gasteiger partial charge in [-0.3, -0.25) is 0 Å². The molecular formula is C13H27N. The van der Waals surface area contributed by atoms with Gasteiger partial charge in [-0.1, -0.05) is 34.1 Å². The second kappa shape index (κ2) is 4.22. The predicted octanol–water partition coefficient (Wildman–Crippen LogP) is 3.72. The van der Waals surface area contributed by atoms with Gasteiger partial charge in [-0.05, 0) is 43.4 Å². The van der Waals surface area contributed by atoms with E-state index in [1.807, 2.05) is 0 Å². The van der Waals surface area contributed by atoms with Crippen molar-refractivity contribution in [1.29, 1.82) is 0 Å². The lowest BCUT2D eigenvalue weighted by Crippen LogP contribution is -2.37. The van der Waals surface area contributed by atoms with Gasteiger partial charge >= 0.3 is 0 Å². The molecule has 2 unspecified atom stereocenters. The van der Waals surface area contributed by atoms with Crippen LogP contribution in [-0.4, -0.2) is 5.54 Å². The lowest BCUT2D eigenvalue weighted by molar-refractivity contribution is 0.287. The molecule has 1 fully saturated rings. The Morgan fingerprint density at radius 1 is 1.36 bits per heavy atom. The first-order chi connectivity index (χ1) is 6.35. The van der Waals surface area contributed by atoms with E-state index in [1.54, 1.807) is 0 Å². The van der Waals surface area contributed by atoms with Crippen LogP contribution in [0.15, 0.2) is 0 Å². The van der Waals surface area contributed by atoms with Crippen LogP contribution >= 0.6 is 0 Å². The van der Waals surface area contributed by atoms with Crippen LogP contribution in [-0.2, 0) is 0 Å². The quantitative estimate of drug-likeness (QED) is 0.733. The van der Waals surface area contributed by atoms with Gasteiger partial charge in [0.2, 0.25) is 0 Å². The molecule has 1 nitrogen and oxygen atoms in total. The molecule has 0 saturated heterocycles. The summed E-state index contributed by atoms with van der Waals surface area (Å²) in [5.74, 6) is 0.903. The van der Waals surface area contributed by atoms with Gasteiger partial charge in [-0.2, -0.15) is 0 Å². The summed E-state index contributed by atoms with van der Waals surface area (Å²) in [7, 11) is 0. The molecule has 1 heteroatoms. The Labute approximate surface area is 89.5 Å². The third-order valence-corrected chi connectivity index (χ3v) is 3.70. The molecule has 0 spiro atoms. The minimum absolute atomic E-state index is 0.175. The summed E-state index contributed by atoms with van der Waals surface area (Å²) in [6.07, 6.45) is 7.67. The van der Waals surface area contributed by atoms with Crippen LogP contribution in [0.1, 0.15) is 66.2 Å². The second-order valence-corrected chi connectivity index (χ2v) is 6.44. The highest BCUT2D eigenvalue weighted by molar-refractivity contribution is 4.93. The van der Waals surface area contributed by atoms with Crippen molar-refractivity contribution in [3.63, 3.8) is 0 Å². The SMILES string of the molecule is CCC1CCC(N)(CCC(C)(C)C)C1. The molecule has 0 aromatic carbocycles. The van der Waals surface area contributed by atoms with E-state index < -0.39 is 0 Å². The van der Waals surface area contributed by atoms with Crippen molar-refractivity contribution in [2.45, 2.75) is 71.8 Å². The van der Waals surface area contributed by atoms with Crippen molar-refractivity contribution in [2.24, 2.45) is 17.1 Å². The molecule has 0 aromatic heterocycles. The normalized spacial score (nSPS) is 33.6. The number of hydrogen-bond donors (Lipinski definition) is 1. The topological polar surface area (TPSA) is 26.0 Å². The second-order valence-electron chi connectivity index (χ2n) is 6.44. The molecule has 14 heavy (non-hydrogen) atoms. The molecule has 0 heterocycles. The van der Waals surface area contributed by atoms with E-state index >= 15 is 0 Å². The number of rotatable bonds is 3. The molecule has 0 bridgehead atoms. The van der Waals surface area contributed by atoms with E-state index in [1.165, 1.54) is 38.5 Å². The highest BCUT2D eigenvalue weighted by atomic mass is 14.8. The summed E-state index contributed by atoms with van der Waals surface area (Å²) in [4.78, 5) is 0. The van der Waals surface area contributed by atoms with Crippen LogP contribution in [0.2, 0.25) is 0 Å². The fourth-order valence-electron chi connectivity index (χ4n) is 2.47. The fraction of sp³-hybridized carbons (Fsp3) is 1.00. The zero-order valence-corrected chi connectivity index (χ0v) is 10.4. The fourth-order valence-corrected chi connectivity index (χ4v) is 2.47. The summed E-state index contributed by atoms with van der Waals surface area (Å²) in [6.45, 7) is 9.22. The van der Waals surface area contributed by atoms with E-state index in [9.17, 15) is 0 Å². The maximum atomic E-state index is 6.43. The summed E-state index contributed by atoms with van der Waals surface area (Å²) in [6, 6.07) is 0. The van der Waals surface area contributed by atoms with Gasteiger partial charge in [0.25, 0.3) is 0 Å². The average molecular weight is 197 g/mol. The summed E-state index contributed by atoms with van der Waals surface area (Å²) in [5, 5.41) is 0. The molecular weight excluding hydrogens is 170 g/mol. The summed E-state index contributed by atoms with van der Waals surface area (Å²) < 4.78 is 0. The van der Waals surface area contributed by atoms with Gasteiger partial charge in [-0.15, -0.1) is 0 Å². The summed E-state index contributed by atoms with van der Waals surface area (Å²) >= 11 is 0. The Morgan fingerprint density at radius 2 is 2.00 bits per heavy atom. The largest absolute Gasteiger partial charge is 0.325 e. The van der Waals surface area contributed by atoms with Gasteiger partial charge in [0.05, 0.1) is 0 Å². The monoisotopic (exact) mass is 197 g/mol. The maximum absolute atomic E-state index is 6.43. The van der Waals surface area contributed by atoms with Crippen molar-refractivity contribution in [3.8, 4) is 0 Å². The molecule has 0 amide bonds. The van der Waals surface area contributed by atoms with E-state index in [0.29, 0.717) is 5.41 Å². The predicted molar refractivity (Wildman–Crippen MR) is 63.2 cm³/mol. The van der Waals surface area contributed by atoms with Crippen molar-refractivity contribution in [2.75, 3.05) is 0 Å². The Morgan fingerprint density at radius 3 is 2.43 bits per heavy atom. The van der Waals surface area contributed by atoms with Gasteiger partial charge in [-0.25, -0.2) is 0 Å². The van der Waals surface area contributed by atoms with Gasteiger partial charge in [0.15, 0.2) is 0 Å². The minimum Gasteiger partial charge on any atom is -0.325 e. The minimum atomic E-state index is 0.175. The number of nitrogens with two attached hydrogens (primary N) is 1. The average Bonchev–Trinajstić information content (AvgIpc) is 2.44. The molecule has 2 atom stereocenters. The standard InChI is InChI=1S/C13H27N/c1-5-11-6-7-13(14,10-11)9-8-12(2,3)4/h11H,5-10,14H2,1-4H3. The van der Waals surface area contributed by atoms with E-state index in [-0.39, 0.29) is 5.54 Å². The molecule has 1 aliphatic carbocycles. The molecule has 1 rings (SSSR count). The van der Waals surface area contributed by atoms with E-state index in [0.717, 1.165) is 5.92 Å². The first-order valence-electron chi connectivity index (χ1n) is 6.13. The van der Waals surface area contributed by atoms with E-state index in [4.69, 9.17) is 5.73 Å². The van der Waals surface area contributed by atoms with Crippen LogP contribution in [0.3, 0.4) is 0 Å². The molecule has 2 N–H and O–H groups in total. The first-order valence-corrected chi connectivity index (χ1v) is 6.13. The zero-order valence-electron chi connectivity index (χ0n) is 10.4. The van der Waals surface area contributed by atoms with Crippen LogP contribution in [0.5, 0.6) is 0 Å². The van der Waals surface area contributed by atoms with Gasteiger partial charge in [0, 0.05) is 5.54 Å². The van der Waals surface area contributed by atoms with Crippen molar-refractivity contribution in [1.82, 2.24) is 0 Å². The molecule has 0 aliphatic heterocycles. The molecule has 1 saturated carbocycles. The lowest BCUT2D eigenvalue weighted by atomic mass is 9.82. The van der Waals surface area contributed by atoms with Crippen LogP contribution in [0, 0.1) is 11.3 Å². The molecule has 1 aliphatic rings. The van der Waals surface area contributed by atoms with E-state index in [2.05, 4.69) is 27.7 Å².